The van der Waals surface area contributed by atoms with E-state index >= 15 is 0 Å². The number of halogens is 1. The van der Waals surface area contributed by atoms with Crippen LogP contribution in [0.15, 0.2) is 0 Å². The van der Waals surface area contributed by atoms with Gasteiger partial charge in [0.25, 0.3) is 5.97 Å². The van der Waals surface area contributed by atoms with Crippen LogP contribution in [0.2, 0.25) is 0 Å². The van der Waals surface area contributed by atoms with Crippen molar-refractivity contribution in [3.8, 4) is 0 Å². The first-order chi connectivity index (χ1) is 6.43. The number of carbonyl (C=O) groups excluding carboxylic acids is 2. The summed E-state index contributed by atoms with van der Waals surface area (Å²) in [5.41, 5.74) is 0. The Hall–Kier alpha value is -1.10. The van der Waals surface area contributed by atoms with Gasteiger partial charge in [0.1, 0.15) is 6.42 Å². The molecule has 0 spiro atoms. The number of rotatable bonds is 4. The minimum Gasteiger partial charge on any atom is -0.481 e. The van der Waals surface area contributed by atoms with Gasteiger partial charge in [0.05, 0.1) is 12.5 Å². The highest BCUT2D eigenvalue weighted by atomic mass is 35.5. The van der Waals surface area contributed by atoms with Gasteiger partial charge in [0.15, 0.2) is 5.78 Å². The van der Waals surface area contributed by atoms with Gasteiger partial charge in [-0.1, -0.05) is 0 Å². The molecule has 82 valence electrons. The highest BCUT2D eigenvalue weighted by molar-refractivity contribution is 6.28. The summed E-state index contributed by atoms with van der Waals surface area (Å²) in [6, 6.07) is 0. The molecule has 0 aromatic heterocycles. The number of carboxylic acids is 1. The number of Topliss-reactive ketones (excluding diaryl/α,β-unsaturated/α-hetero) is 1. The Balaban J connectivity index is 0. The standard InChI is InChI=1S/C6H9ClO3.C2H4O2/c1-2-10-6(9)3-5(8)4-7;1-2(3)4/h2-4H2,1H3;1H3,(H,3,4). The number of esters is 1. The SMILES string of the molecule is CC(=O)O.CCOC(=O)CC(=O)CCl. The fourth-order valence-electron chi connectivity index (χ4n) is 0.420. The van der Waals surface area contributed by atoms with Crippen LogP contribution in [-0.4, -0.2) is 35.3 Å². The van der Waals surface area contributed by atoms with Crippen molar-refractivity contribution in [2.24, 2.45) is 0 Å². The number of hydrogen-bond donors (Lipinski definition) is 1. The summed E-state index contributed by atoms with van der Waals surface area (Å²) >= 11 is 5.14. The Morgan fingerprint density at radius 3 is 2.07 bits per heavy atom. The lowest BCUT2D eigenvalue weighted by Gasteiger charge is -1.97. The van der Waals surface area contributed by atoms with Gasteiger partial charge in [0, 0.05) is 6.92 Å². The van der Waals surface area contributed by atoms with Crippen LogP contribution in [0.5, 0.6) is 0 Å². The van der Waals surface area contributed by atoms with Crippen LogP contribution in [0.1, 0.15) is 20.3 Å². The highest BCUT2D eigenvalue weighted by Gasteiger charge is 2.07. The Morgan fingerprint density at radius 2 is 1.79 bits per heavy atom. The topological polar surface area (TPSA) is 80.7 Å². The third-order valence-electron chi connectivity index (χ3n) is 0.796. The Bertz CT molecular complexity index is 198. The molecule has 0 radical (unpaired) electrons. The maximum Gasteiger partial charge on any atom is 0.313 e. The van der Waals surface area contributed by atoms with E-state index in [0.29, 0.717) is 6.61 Å². The van der Waals surface area contributed by atoms with Gasteiger partial charge >= 0.3 is 5.97 Å². The third-order valence-corrected chi connectivity index (χ3v) is 1.09. The number of alkyl halides is 1. The summed E-state index contributed by atoms with van der Waals surface area (Å²) in [7, 11) is 0. The second-order valence-corrected chi connectivity index (χ2v) is 2.44. The van der Waals surface area contributed by atoms with E-state index in [4.69, 9.17) is 21.5 Å². The lowest BCUT2D eigenvalue weighted by Crippen LogP contribution is -2.11. The average molecular weight is 225 g/mol. The molecule has 0 aromatic rings. The molecule has 0 heterocycles. The van der Waals surface area contributed by atoms with Crippen LogP contribution in [0.4, 0.5) is 0 Å². The first kappa shape index (κ1) is 15.4. The minimum absolute atomic E-state index is 0.126. The largest absolute Gasteiger partial charge is 0.481 e. The number of carbonyl (C=O) groups is 3. The molecular formula is C8H13ClO5. The predicted molar refractivity (Wildman–Crippen MR) is 50.3 cm³/mol. The molecule has 0 saturated heterocycles. The van der Waals surface area contributed by atoms with Crippen molar-refractivity contribution in [3.63, 3.8) is 0 Å². The molecule has 0 amide bonds. The molecule has 0 fully saturated rings. The summed E-state index contributed by atoms with van der Waals surface area (Å²) in [6.45, 7) is 3.07. The van der Waals surface area contributed by atoms with Crippen molar-refractivity contribution in [2.45, 2.75) is 20.3 Å². The Kier molecular flexibility index (Phi) is 11.0. The fraction of sp³-hybridized carbons (Fsp3) is 0.625. The second kappa shape index (κ2) is 9.98. The van der Waals surface area contributed by atoms with E-state index in [-0.39, 0.29) is 18.1 Å². The smallest absolute Gasteiger partial charge is 0.313 e. The van der Waals surface area contributed by atoms with Crippen LogP contribution in [0.3, 0.4) is 0 Å². The van der Waals surface area contributed by atoms with Gasteiger partial charge in [0.2, 0.25) is 0 Å². The molecular weight excluding hydrogens is 212 g/mol. The lowest BCUT2D eigenvalue weighted by molar-refractivity contribution is -0.145. The molecule has 5 nitrogen and oxygen atoms in total. The van der Waals surface area contributed by atoms with Crippen LogP contribution >= 0.6 is 11.6 Å². The van der Waals surface area contributed by atoms with Crippen molar-refractivity contribution in [2.75, 3.05) is 12.5 Å². The van der Waals surface area contributed by atoms with Crippen molar-refractivity contribution >= 4 is 29.3 Å². The molecule has 6 heteroatoms. The lowest BCUT2D eigenvalue weighted by atomic mass is 10.3. The highest BCUT2D eigenvalue weighted by Crippen LogP contribution is 1.90. The number of ketones is 1. The third kappa shape index (κ3) is 17.1. The zero-order valence-corrected chi connectivity index (χ0v) is 8.84. The number of hydrogen-bond acceptors (Lipinski definition) is 4. The number of aliphatic carboxylic acids is 1. The minimum atomic E-state index is -0.833. The first-order valence-corrected chi connectivity index (χ1v) is 4.40. The molecule has 0 aromatic carbocycles. The molecule has 0 bridgehead atoms. The van der Waals surface area contributed by atoms with Gasteiger partial charge in [-0.05, 0) is 6.92 Å². The van der Waals surface area contributed by atoms with E-state index in [0.717, 1.165) is 6.92 Å². The summed E-state index contributed by atoms with van der Waals surface area (Å²) in [4.78, 5) is 30.0. The fourth-order valence-corrected chi connectivity index (χ4v) is 0.515. The second-order valence-electron chi connectivity index (χ2n) is 2.17. The van der Waals surface area contributed by atoms with E-state index < -0.39 is 11.9 Å². The van der Waals surface area contributed by atoms with Crippen molar-refractivity contribution in [1.82, 2.24) is 0 Å². The van der Waals surface area contributed by atoms with E-state index in [1.54, 1.807) is 6.92 Å². The van der Waals surface area contributed by atoms with Gasteiger partial charge in [-0.25, -0.2) is 0 Å². The summed E-state index contributed by atoms with van der Waals surface area (Å²) in [5, 5.41) is 7.42. The maximum atomic E-state index is 10.5. The van der Waals surface area contributed by atoms with Crippen LogP contribution in [0, 0.1) is 0 Å². The molecule has 14 heavy (non-hydrogen) atoms. The zero-order valence-electron chi connectivity index (χ0n) is 8.08. The molecule has 0 saturated carbocycles. The molecule has 0 rings (SSSR count). The maximum absolute atomic E-state index is 10.5. The molecule has 0 unspecified atom stereocenters. The molecule has 0 atom stereocenters. The van der Waals surface area contributed by atoms with E-state index in [2.05, 4.69) is 4.74 Å². The van der Waals surface area contributed by atoms with E-state index in [9.17, 15) is 9.59 Å². The molecule has 0 aliphatic heterocycles. The Morgan fingerprint density at radius 1 is 1.36 bits per heavy atom. The Labute approximate surface area is 87.0 Å². The van der Waals surface area contributed by atoms with Crippen molar-refractivity contribution in [1.29, 1.82) is 0 Å². The van der Waals surface area contributed by atoms with Gasteiger partial charge in [-0.15, -0.1) is 11.6 Å². The monoisotopic (exact) mass is 224 g/mol. The van der Waals surface area contributed by atoms with Gasteiger partial charge < -0.3 is 9.84 Å². The van der Waals surface area contributed by atoms with Gasteiger partial charge in [-0.2, -0.15) is 0 Å². The van der Waals surface area contributed by atoms with Crippen LogP contribution in [-0.2, 0) is 19.1 Å². The normalized spacial score (nSPS) is 8.21. The van der Waals surface area contributed by atoms with Crippen LogP contribution < -0.4 is 0 Å². The zero-order chi connectivity index (χ0) is 11.6. The summed E-state index contributed by atoms with van der Waals surface area (Å²) < 4.78 is 4.50. The quantitative estimate of drug-likeness (QED) is 0.435. The summed E-state index contributed by atoms with van der Waals surface area (Å²) in [5.74, 6) is -1.77. The summed E-state index contributed by atoms with van der Waals surface area (Å²) in [6.07, 6.45) is -0.211. The molecule has 1 N–H and O–H groups in total. The van der Waals surface area contributed by atoms with Gasteiger partial charge in [-0.3, -0.25) is 14.4 Å². The van der Waals surface area contributed by atoms with Crippen molar-refractivity contribution in [3.05, 3.63) is 0 Å². The molecule has 0 aliphatic rings. The predicted octanol–water partition coefficient (Wildman–Crippen LogP) is 0.838. The van der Waals surface area contributed by atoms with Crippen LogP contribution in [0.25, 0.3) is 0 Å². The first-order valence-electron chi connectivity index (χ1n) is 3.86. The number of carboxylic acid groups (broad SMARTS) is 1. The molecule has 0 aliphatic carbocycles. The number of ether oxygens (including phenoxy) is 1. The van der Waals surface area contributed by atoms with E-state index in [1.165, 1.54) is 0 Å². The van der Waals surface area contributed by atoms with E-state index in [1.807, 2.05) is 0 Å². The average Bonchev–Trinajstić information content (AvgIpc) is 2.03. The van der Waals surface area contributed by atoms with Crippen molar-refractivity contribution < 1.29 is 24.2 Å².